The van der Waals surface area contributed by atoms with Crippen molar-refractivity contribution < 1.29 is 0 Å². The third-order valence-electron chi connectivity index (χ3n) is 11.4. The Hall–Kier alpha value is -7.02. The second-order valence-corrected chi connectivity index (χ2v) is 14.3. The first-order valence-electron chi connectivity index (χ1n) is 18.8. The molecule has 250 valence electrons. The fourth-order valence-electron chi connectivity index (χ4n) is 9.15. The van der Waals surface area contributed by atoms with Gasteiger partial charge in [-0.2, -0.15) is 0 Å². The SMILES string of the molecule is c1ccc2c(-c3c4ccccc4c(-c4ccc(-c5c6ccccc6c(-c6cccc7ccccc67)c6ccccc56)cc4)c4ccccc34)cccc2c1. The van der Waals surface area contributed by atoms with Gasteiger partial charge in [0, 0.05) is 0 Å². The Morgan fingerprint density at radius 1 is 0.167 bits per heavy atom. The van der Waals surface area contributed by atoms with Crippen LogP contribution in [0.1, 0.15) is 0 Å². The van der Waals surface area contributed by atoms with Gasteiger partial charge in [-0.15, -0.1) is 0 Å². The third kappa shape index (κ3) is 4.64. The standard InChI is InChI=1S/C54H34/c1-3-19-39-35(15-1)17-13-29-41(39)53-47-25-9-5-21-43(47)51(44-22-6-10-26-48(44)53)37-31-33-38(34-32-37)52-45-23-7-11-27-49(45)54(50-28-12-8-24-46(50)52)42-30-14-18-36-16-2-4-20-40(36)42/h1-34H. The van der Waals surface area contributed by atoms with E-state index in [-0.39, 0.29) is 0 Å². The highest BCUT2D eigenvalue weighted by Crippen LogP contribution is 2.48. The summed E-state index contributed by atoms with van der Waals surface area (Å²) in [5.74, 6) is 0. The summed E-state index contributed by atoms with van der Waals surface area (Å²) >= 11 is 0. The summed E-state index contributed by atoms with van der Waals surface area (Å²) in [5, 5.41) is 15.2. The molecule has 0 unspecified atom stereocenters. The van der Waals surface area contributed by atoms with Gasteiger partial charge in [-0.05, 0) is 109 Å². The van der Waals surface area contributed by atoms with Crippen molar-refractivity contribution in [2.24, 2.45) is 0 Å². The minimum Gasteiger partial charge on any atom is -0.0616 e. The predicted molar refractivity (Wildman–Crippen MR) is 233 cm³/mol. The van der Waals surface area contributed by atoms with Gasteiger partial charge in [0.05, 0.1) is 0 Å². The Morgan fingerprint density at radius 3 is 0.722 bits per heavy atom. The largest absolute Gasteiger partial charge is 0.0616 e. The van der Waals surface area contributed by atoms with Crippen LogP contribution in [0.3, 0.4) is 0 Å². The molecule has 0 aliphatic rings. The number of rotatable bonds is 4. The van der Waals surface area contributed by atoms with Crippen LogP contribution in [0, 0.1) is 0 Å². The zero-order chi connectivity index (χ0) is 35.6. The topological polar surface area (TPSA) is 0 Å². The van der Waals surface area contributed by atoms with E-state index in [1.807, 2.05) is 0 Å². The minimum absolute atomic E-state index is 1.22. The van der Waals surface area contributed by atoms with Crippen molar-refractivity contribution in [1.82, 2.24) is 0 Å². The second-order valence-electron chi connectivity index (χ2n) is 14.3. The fourth-order valence-corrected chi connectivity index (χ4v) is 9.15. The zero-order valence-electron chi connectivity index (χ0n) is 29.6. The fraction of sp³-hybridized carbons (Fsp3) is 0. The highest BCUT2D eigenvalue weighted by molar-refractivity contribution is 6.25. The Bertz CT molecular complexity index is 2910. The van der Waals surface area contributed by atoms with Gasteiger partial charge >= 0.3 is 0 Å². The Balaban J connectivity index is 1.14. The lowest BCUT2D eigenvalue weighted by Crippen LogP contribution is -1.93. The molecule has 0 atom stereocenters. The lowest BCUT2D eigenvalue weighted by molar-refractivity contribution is 1.64. The monoisotopic (exact) mass is 682 g/mol. The summed E-state index contributed by atoms with van der Waals surface area (Å²) in [6.45, 7) is 0. The molecule has 0 aromatic heterocycles. The summed E-state index contributed by atoms with van der Waals surface area (Å²) in [6, 6.07) is 76.0. The normalized spacial score (nSPS) is 11.7. The first kappa shape index (κ1) is 30.6. The molecule has 11 aromatic rings. The van der Waals surface area contributed by atoms with Crippen molar-refractivity contribution in [2.75, 3.05) is 0 Å². The van der Waals surface area contributed by atoms with Gasteiger partial charge in [-0.25, -0.2) is 0 Å². The van der Waals surface area contributed by atoms with E-state index >= 15 is 0 Å². The Morgan fingerprint density at radius 2 is 0.407 bits per heavy atom. The van der Waals surface area contributed by atoms with Gasteiger partial charge in [0.2, 0.25) is 0 Å². The molecule has 0 N–H and O–H groups in total. The average Bonchev–Trinajstić information content (AvgIpc) is 3.24. The molecule has 0 saturated heterocycles. The van der Waals surface area contributed by atoms with E-state index in [2.05, 4.69) is 206 Å². The first-order valence-corrected chi connectivity index (χ1v) is 18.8. The maximum Gasteiger partial charge on any atom is -0.00201 e. The molecule has 0 bridgehead atoms. The number of hydrogen-bond donors (Lipinski definition) is 0. The summed E-state index contributed by atoms with van der Waals surface area (Å²) in [6.07, 6.45) is 0. The van der Waals surface area contributed by atoms with E-state index in [9.17, 15) is 0 Å². The molecule has 0 fully saturated rings. The van der Waals surface area contributed by atoms with Crippen LogP contribution in [0.4, 0.5) is 0 Å². The van der Waals surface area contributed by atoms with Crippen molar-refractivity contribution >= 4 is 64.6 Å². The summed E-state index contributed by atoms with van der Waals surface area (Å²) < 4.78 is 0. The van der Waals surface area contributed by atoms with Gasteiger partial charge in [0.15, 0.2) is 0 Å². The van der Waals surface area contributed by atoms with Gasteiger partial charge in [-0.3, -0.25) is 0 Å². The van der Waals surface area contributed by atoms with E-state index in [1.54, 1.807) is 0 Å². The van der Waals surface area contributed by atoms with Gasteiger partial charge in [0.1, 0.15) is 0 Å². The summed E-state index contributed by atoms with van der Waals surface area (Å²) in [5.41, 5.74) is 10.1. The minimum atomic E-state index is 1.22. The van der Waals surface area contributed by atoms with Crippen molar-refractivity contribution in [3.8, 4) is 44.5 Å². The van der Waals surface area contributed by atoms with Gasteiger partial charge < -0.3 is 0 Å². The molecule has 54 heavy (non-hydrogen) atoms. The van der Waals surface area contributed by atoms with Crippen molar-refractivity contribution in [1.29, 1.82) is 0 Å². The number of fused-ring (bicyclic) bond motifs is 6. The highest BCUT2D eigenvalue weighted by Gasteiger charge is 2.20. The van der Waals surface area contributed by atoms with Crippen LogP contribution in [0.25, 0.3) is 109 Å². The van der Waals surface area contributed by atoms with Crippen molar-refractivity contribution in [2.45, 2.75) is 0 Å². The van der Waals surface area contributed by atoms with E-state index in [0.717, 1.165) is 0 Å². The lowest BCUT2D eigenvalue weighted by Gasteiger charge is -2.20. The molecule has 0 radical (unpaired) electrons. The van der Waals surface area contributed by atoms with Crippen molar-refractivity contribution in [3.05, 3.63) is 206 Å². The maximum absolute atomic E-state index is 2.34. The van der Waals surface area contributed by atoms with E-state index in [4.69, 9.17) is 0 Å². The molecule has 0 saturated carbocycles. The molecule has 0 nitrogen and oxygen atoms in total. The Labute approximate surface area is 314 Å². The number of hydrogen-bond acceptors (Lipinski definition) is 0. The van der Waals surface area contributed by atoms with Crippen LogP contribution in [0.15, 0.2) is 206 Å². The smallest absolute Gasteiger partial charge is 0.00201 e. The van der Waals surface area contributed by atoms with Crippen LogP contribution in [-0.4, -0.2) is 0 Å². The van der Waals surface area contributed by atoms with Crippen LogP contribution >= 0.6 is 0 Å². The zero-order valence-corrected chi connectivity index (χ0v) is 29.6. The molecule has 0 aliphatic carbocycles. The molecule has 0 amide bonds. The molecule has 11 rings (SSSR count). The summed E-state index contributed by atoms with van der Waals surface area (Å²) in [4.78, 5) is 0. The molecular formula is C54H34. The van der Waals surface area contributed by atoms with Gasteiger partial charge in [-0.1, -0.05) is 206 Å². The Kier molecular flexibility index (Phi) is 6.97. The van der Waals surface area contributed by atoms with Crippen LogP contribution in [-0.2, 0) is 0 Å². The highest BCUT2D eigenvalue weighted by atomic mass is 14.2. The second kappa shape index (κ2) is 12.3. The van der Waals surface area contributed by atoms with E-state index in [0.29, 0.717) is 0 Å². The van der Waals surface area contributed by atoms with E-state index in [1.165, 1.54) is 109 Å². The average molecular weight is 683 g/mol. The molecule has 0 heterocycles. The lowest BCUT2D eigenvalue weighted by atomic mass is 9.83. The van der Waals surface area contributed by atoms with Gasteiger partial charge in [0.25, 0.3) is 0 Å². The molecule has 0 heteroatoms. The quantitative estimate of drug-likeness (QED) is 0.162. The first-order chi connectivity index (χ1) is 26.8. The van der Waals surface area contributed by atoms with Crippen LogP contribution < -0.4 is 0 Å². The summed E-state index contributed by atoms with van der Waals surface area (Å²) in [7, 11) is 0. The van der Waals surface area contributed by atoms with Crippen LogP contribution in [0.2, 0.25) is 0 Å². The molecule has 0 aliphatic heterocycles. The molecule has 0 spiro atoms. The molecule has 11 aromatic carbocycles. The van der Waals surface area contributed by atoms with Crippen molar-refractivity contribution in [3.63, 3.8) is 0 Å². The predicted octanol–water partition coefficient (Wildman–Crippen LogP) is 15.3. The third-order valence-corrected chi connectivity index (χ3v) is 11.4. The van der Waals surface area contributed by atoms with Crippen LogP contribution in [0.5, 0.6) is 0 Å². The molecular weight excluding hydrogens is 649 g/mol. The number of benzene rings is 11. The maximum atomic E-state index is 2.34. The van der Waals surface area contributed by atoms with E-state index < -0.39 is 0 Å².